The van der Waals surface area contributed by atoms with Gasteiger partial charge in [0.25, 0.3) is 10.1 Å². The molecule has 0 radical (unpaired) electrons. The maximum Gasteiger partial charge on any atom is 0.407 e. The largest absolute Gasteiger partial charge is 0.469 e. The van der Waals surface area contributed by atoms with Gasteiger partial charge in [0.2, 0.25) is 0 Å². The molecule has 0 heterocycles. The summed E-state index contributed by atoms with van der Waals surface area (Å²) in [4.78, 5) is 23.4. The topological polar surface area (TPSA) is 108 Å². The van der Waals surface area contributed by atoms with Crippen LogP contribution >= 0.6 is 0 Å². The molecular formula is C17H25NO7S. The molecule has 0 spiro atoms. The van der Waals surface area contributed by atoms with E-state index in [2.05, 4.69) is 10.1 Å². The Morgan fingerprint density at radius 1 is 1.15 bits per heavy atom. The summed E-state index contributed by atoms with van der Waals surface area (Å²) in [5, 5.41) is 2.42. The van der Waals surface area contributed by atoms with E-state index >= 15 is 0 Å². The molecule has 0 aliphatic rings. The van der Waals surface area contributed by atoms with Crippen LogP contribution in [0.25, 0.3) is 0 Å². The van der Waals surface area contributed by atoms with Crippen molar-refractivity contribution in [2.45, 2.75) is 50.7 Å². The van der Waals surface area contributed by atoms with Gasteiger partial charge in [0.05, 0.1) is 31.1 Å². The van der Waals surface area contributed by atoms with Gasteiger partial charge in [-0.1, -0.05) is 17.7 Å². The van der Waals surface area contributed by atoms with Crippen LogP contribution in [-0.2, 0) is 28.6 Å². The molecule has 26 heavy (non-hydrogen) atoms. The molecule has 0 saturated heterocycles. The number of methoxy groups -OCH3 is 1. The Hall–Kier alpha value is -2.13. The SMILES string of the molecule is COC(=O)C[C@@H](COS(=O)(=O)c1ccc(C)cc1)NC(=O)OC(C)(C)C. The number of carbonyl (C=O) groups is 2. The molecule has 146 valence electrons. The first-order chi connectivity index (χ1) is 11.9. The summed E-state index contributed by atoms with van der Waals surface area (Å²) in [5.74, 6) is -0.623. The number of carbonyl (C=O) groups excluding carboxylic acids is 2. The smallest absolute Gasteiger partial charge is 0.407 e. The third-order valence-electron chi connectivity index (χ3n) is 3.10. The van der Waals surface area contributed by atoms with Gasteiger partial charge in [0, 0.05) is 0 Å². The first-order valence-electron chi connectivity index (χ1n) is 7.95. The van der Waals surface area contributed by atoms with Crippen molar-refractivity contribution in [3.63, 3.8) is 0 Å². The number of benzene rings is 1. The van der Waals surface area contributed by atoms with Crippen molar-refractivity contribution in [3.05, 3.63) is 29.8 Å². The Balaban J connectivity index is 2.80. The lowest BCUT2D eigenvalue weighted by Gasteiger charge is -2.23. The third kappa shape index (κ3) is 7.83. The van der Waals surface area contributed by atoms with Crippen LogP contribution in [0.5, 0.6) is 0 Å². The lowest BCUT2D eigenvalue weighted by atomic mass is 10.2. The van der Waals surface area contributed by atoms with Crippen molar-refractivity contribution in [1.82, 2.24) is 5.32 Å². The van der Waals surface area contributed by atoms with Gasteiger partial charge in [0.1, 0.15) is 5.60 Å². The van der Waals surface area contributed by atoms with Gasteiger partial charge in [-0.3, -0.25) is 8.98 Å². The van der Waals surface area contributed by atoms with Crippen molar-refractivity contribution in [2.24, 2.45) is 0 Å². The summed E-state index contributed by atoms with van der Waals surface area (Å²) in [6.07, 6.45) is -1.05. The number of ether oxygens (including phenoxy) is 2. The molecule has 8 nitrogen and oxygen atoms in total. The van der Waals surface area contributed by atoms with Crippen LogP contribution in [0.2, 0.25) is 0 Å². The number of nitrogens with one attached hydrogen (secondary N) is 1. The van der Waals surface area contributed by atoms with E-state index in [0.717, 1.165) is 5.56 Å². The number of esters is 1. The fourth-order valence-corrected chi connectivity index (χ4v) is 2.80. The van der Waals surface area contributed by atoms with Crippen LogP contribution in [0.15, 0.2) is 29.2 Å². The van der Waals surface area contributed by atoms with Crippen molar-refractivity contribution < 1.29 is 31.7 Å². The maximum absolute atomic E-state index is 12.2. The molecule has 1 amide bonds. The molecule has 1 aromatic carbocycles. The molecule has 0 fully saturated rings. The van der Waals surface area contributed by atoms with E-state index in [1.54, 1.807) is 32.9 Å². The van der Waals surface area contributed by atoms with E-state index < -0.39 is 40.4 Å². The molecule has 0 aliphatic heterocycles. The fourth-order valence-electron chi connectivity index (χ4n) is 1.86. The molecule has 0 aromatic heterocycles. The lowest BCUT2D eigenvalue weighted by Crippen LogP contribution is -2.43. The highest BCUT2D eigenvalue weighted by atomic mass is 32.2. The van der Waals surface area contributed by atoms with Crippen molar-refractivity contribution in [1.29, 1.82) is 0 Å². The van der Waals surface area contributed by atoms with Gasteiger partial charge in [0.15, 0.2) is 0 Å². The van der Waals surface area contributed by atoms with E-state index in [9.17, 15) is 18.0 Å². The highest BCUT2D eigenvalue weighted by molar-refractivity contribution is 7.86. The zero-order valence-electron chi connectivity index (χ0n) is 15.6. The molecule has 1 rings (SSSR count). The summed E-state index contributed by atoms with van der Waals surface area (Å²) in [7, 11) is -2.84. The quantitative estimate of drug-likeness (QED) is 0.564. The van der Waals surface area contributed by atoms with Crippen molar-refractivity contribution >= 4 is 22.2 Å². The van der Waals surface area contributed by atoms with Gasteiger partial charge >= 0.3 is 12.1 Å². The zero-order valence-corrected chi connectivity index (χ0v) is 16.4. The zero-order chi connectivity index (χ0) is 20.0. The van der Waals surface area contributed by atoms with E-state index in [4.69, 9.17) is 8.92 Å². The average molecular weight is 387 g/mol. The van der Waals surface area contributed by atoms with Gasteiger partial charge in [-0.2, -0.15) is 8.42 Å². The van der Waals surface area contributed by atoms with Crippen LogP contribution in [0.3, 0.4) is 0 Å². The normalized spacial score (nSPS) is 13.0. The monoisotopic (exact) mass is 387 g/mol. The van der Waals surface area contributed by atoms with Crippen molar-refractivity contribution in [2.75, 3.05) is 13.7 Å². The summed E-state index contributed by atoms with van der Waals surface area (Å²) in [6.45, 7) is 6.43. The average Bonchev–Trinajstić information content (AvgIpc) is 2.51. The first kappa shape index (κ1) is 21.9. The lowest BCUT2D eigenvalue weighted by molar-refractivity contribution is -0.141. The van der Waals surface area contributed by atoms with Gasteiger partial charge in [-0.25, -0.2) is 4.79 Å². The van der Waals surface area contributed by atoms with Crippen LogP contribution in [0, 0.1) is 6.92 Å². The summed E-state index contributed by atoms with van der Waals surface area (Å²) in [5.41, 5.74) is 0.161. The molecule has 0 unspecified atom stereocenters. The number of rotatable bonds is 7. The number of alkyl carbamates (subject to hydrolysis) is 1. The highest BCUT2D eigenvalue weighted by Crippen LogP contribution is 2.14. The Morgan fingerprint density at radius 2 is 1.73 bits per heavy atom. The molecule has 1 atom stereocenters. The molecule has 0 bridgehead atoms. The summed E-state index contributed by atoms with van der Waals surface area (Å²) >= 11 is 0. The highest BCUT2D eigenvalue weighted by Gasteiger charge is 2.24. The number of amides is 1. The third-order valence-corrected chi connectivity index (χ3v) is 4.39. The number of aryl methyl sites for hydroxylation is 1. The predicted octanol–water partition coefficient (Wildman–Crippen LogP) is 2.16. The minimum atomic E-state index is -4.03. The summed E-state index contributed by atoms with van der Waals surface area (Å²) < 4.78 is 39.1. The van der Waals surface area contributed by atoms with Crippen LogP contribution < -0.4 is 5.32 Å². The molecular weight excluding hydrogens is 362 g/mol. The Kier molecular flexibility index (Phi) is 7.58. The molecule has 9 heteroatoms. The van der Waals surface area contributed by atoms with E-state index in [1.807, 2.05) is 6.92 Å². The second-order valence-electron chi connectivity index (χ2n) is 6.68. The maximum atomic E-state index is 12.2. The second-order valence-corrected chi connectivity index (χ2v) is 8.29. The van der Waals surface area contributed by atoms with E-state index in [-0.39, 0.29) is 11.3 Å². The number of hydrogen-bond acceptors (Lipinski definition) is 7. The van der Waals surface area contributed by atoms with Crippen LogP contribution in [0.4, 0.5) is 4.79 Å². The Labute approximate surface area is 153 Å². The molecule has 0 saturated carbocycles. The van der Waals surface area contributed by atoms with Crippen molar-refractivity contribution in [3.8, 4) is 0 Å². The van der Waals surface area contributed by atoms with E-state index in [0.29, 0.717) is 0 Å². The van der Waals surface area contributed by atoms with Crippen LogP contribution in [0.1, 0.15) is 32.8 Å². The fraction of sp³-hybridized carbons (Fsp3) is 0.529. The first-order valence-corrected chi connectivity index (χ1v) is 9.36. The minimum absolute atomic E-state index is 0.0165. The Bertz CT molecular complexity index is 720. The minimum Gasteiger partial charge on any atom is -0.469 e. The standard InChI is InChI=1S/C17H25NO7S/c1-12-6-8-14(9-7-12)26(21,22)24-11-13(10-15(19)23-5)18-16(20)25-17(2,3)4/h6-9,13H,10-11H2,1-5H3,(H,18,20)/t13-/m0/s1. The predicted molar refractivity (Wildman–Crippen MR) is 94.1 cm³/mol. The second kappa shape index (κ2) is 9.00. The molecule has 1 N–H and O–H groups in total. The number of hydrogen-bond donors (Lipinski definition) is 1. The van der Waals surface area contributed by atoms with Gasteiger partial charge in [-0.05, 0) is 39.8 Å². The summed E-state index contributed by atoms with van der Waals surface area (Å²) in [6, 6.07) is 5.18. The molecule has 1 aromatic rings. The van der Waals surface area contributed by atoms with Crippen LogP contribution in [-0.4, -0.2) is 45.8 Å². The van der Waals surface area contributed by atoms with Gasteiger partial charge in [-0.15, -0.1) is 0 Å². The molecule has 0 aliphatic carbocycles. The Morgan fingerprint density at radius 3 is 2.23 bits per heavy atom. The van der Waals surface area contributed by atoms with E-state index in [1.165, 1.54) is 19.2 Å². The van der Waals surface area contributed by atoms with Gasteiger partial charge < -0.3 is 14.8 Å².